The predicted octanol–water partition coefficient (Wildman–Crippen LogP) is -2.80. The second kappa shape index (κ2) is 5.36. The number of amides is 1. The normalized spacial score (nSPS) is 13.9. The zero-order chi connectivity index (χ0) is 10.4. The fraction of sp³-hybridized carbons (Fsp3) is 0.500. The number of aliphatic imine (C=N–C) groups is 1. The smallest absolute Gasteiger partial charge is 0.252 e. The molecule has 0 saturated heterocycles. The lowest BCUT2D eigenvalue weighted by molar-refractivity contribution is -0.123. The van der Waals surface area contributed by atoms with Crippen molar-refractivity contribution in [3.8, 4) is 0 Å². The SMILES string of the molecule is N=C(CO)N=C(CN)C(O)C(N)=O. The molecule has 0 aromatic rings. The third kappa shape index (κ3) is 3.74. The van der Waals surface area contributed by atoms with Crippen molar-refractivity contribution >= 4 is 17.5 Å². The number of carbonyl (C=O) groups excluding carboxylic acids is 1. The highest BCUT2D eigenvalue weighted by atomic mass is 16.3. The van der Waals surface area contributed by atoms with E-state index in [4.69, 9.17) is 27.1 Å². The van der Waals surface area contributed by atoms with Crippen molar-refractivity contribution in [3.63, 3.8) is 0 Å². The summed E-state index contributed by atoms with van der Waals surface area (Å²) in [5, 5.41) is 24.4. The standard InChI is InChI=1S/C6H12N4O3/c7-1-3(5(12)6(9)13)10-4(8)2-11/h5,8,11-12H,1-2,7H2,(H2,9,13). The Morgan fingerprint density at radius 3 is 2.46 bits per heavy atom. The van der Waals surface area contributed by atoms with E-state index in [2.05, 4.69) is 4.99 Å². The maximum Gasteiger partial charge on any atom is 0.252 e. The van der Waals surface area contributed by atoms with Gasteiger partial charge in [-0.25, -0.2) is 4.99 Å². The second-order valence-corrected chi connectivity index (χ2v) is 2.22. The molecule has 1 atom stereocenters. The number of rotatable bonds is 4. The lowest BCUT2D eigenvalue weighted by atomic mass is 10.2. The zero-order valence-corrected chi connectivity index (χ0v) is 6.90. The third-order valence-electron chi connectivity index (χ3n) is 1.22. The average molecular weight is 188 g/mol. The summed E-state index contributed by atoms with van der Waals surface area (Å²) in [6, 6.07) is 0. The topological polar surface area (TPSA) is 146 Å². The van der Waals surface area contributed by atoms with Gasteiger partial charge in [0.25, 0.3) is 5.91 Å². The molecule has 0 aliphatic heterocycles. The van der Waals surface area contributed by atoms with E-state index < -0.39 is 18.6 Å². The van der Waals surface area contributed by atoms with E-state index in [1.165, 1.54) is 0 Å². The summed E-state index contributed by atoms with van der Waals surface area (Å²) in [4.78, 5) is 13.9. The van der Waals surface area contributed by atoms with Gasteiger partial charge in [-0.15, -0.1) is 0 Å². The van der Waals surface area contributed by atoms with Crippen LogP contribution in [0.1, 0.15) is 0 Å². The quantitative estimate of drug-likeness (QED) is 0.239. The van der Waals surface area contributed by atoms with Crippen LogP contribution in [-0.2, 0) is 4.79 Å². The van der Waals surface area contributed by atoms with Crippen molar-refractivity contribution in [2.24, 2.45) is 16.5 Å². The van der Waals surface area contributed by atoms with Crippen LogP contribution in [0.25, 0.3) is 0 Å². The average Bonchev–Trinajstić information content (AvgIpc) is 2.12. The minimum absolute atomic E-state index is 0.133. The monoisotopic (exact) mass is 188 g/mol. The molecule has 0 spiro atoms. The van der Waals surface area contributed by atoms with Crippen molar-refractivity contribution in [2.75, 3.05) is 13.2 Å². The van der Waals surface area contributed by atoms with E-state index in [1.807, 2.05) is 0 Å². The molecule has 0 radical (unpaired) electrons. The maximum atomic E-state index is 10.5. The number of nitrogens with zero attached hydrogens (tertiary/aromatic N) is 1. The summed E-state index contributed by atoms with van der Waals surface area (Å²) in [5.41, 5.74) is 9.78. The molecule has 1 unspecified atom stereocenters. The Hall–Kier alpha value is -1.31. The number of primary amides is 1. The Balaban J connectivity index is 4.58. The van der Waals surface area contributed by atoms with Crippen LogP contribution >= 0.6 is 0 Å². The van der Waals surface area contributed by atoms with E-state index in [0.717, 1.165) is 0 Å². The minimum Gasteiger partial charge on any atom is -0.388 e. The number of nitrogens with one attached hydrogen (secondary N) is 1. The van der Waals surface area contributed by atoms with Gasteiger partial charge in [-0.1, -0.05) is 0 Å². The number of carbonyl (C=O) groups is 1. The van der Waals surface area contributed by atoms with Crippen LogP contribution < -0.4 is 11.5 Å². The maximum absolute atomic E-state index is 10.5. The molecule has 0 aromatic heterocycles. The van der Waals surface area contributed by atoms with Crippen molar-refractivity contribution in [2.45, 2.75) is 6.10 Å². The molecule has 0 aliphatic rings. The Bertz CT molecular complexity index is 238. The van der Waals surface area contributed by atoms with Gasteiger partial charge in [-0.05, 0) is 0 Å². The molecule has 0 bridgehead atoms. The molecule has 0 heterocycles. The molecule has 13 heavy (non-hydrogen) atoms. The van der Waals surface area contributed by atoms with Crippen LogP contribution in [-0.4, -0.2) is 46.9 Å². The molecule has 74 valence electrons. The van der Waals surface area contributed by atoms with Gasteiger partial charge in [-0.3, -0.25) is 10.2 Å². The van der Waals surface area contributed by atoms with Gasteiger partial charge in [0, 0.05) is 6.54 Å². The summed E-state index contributed by atoms with van der Waals surface area (Å²) >= 11 is 0. The highest BCUT2D eigenvalue weighted by Crippen LogP contribution is 1.88. The molecule has 0 aromatic carbocycles. The third-order valence-corrected chi connectivity index (χ3v) is 1.22. The van der Waals surface area contributed by atoms with Crippen LogP contribution in [0, 0.1) is 5.41 Å². The minimum atomic E-state index is -1.60. The van der Waals surface area contributed by atoms with E-state index in [9.17, 15) is 4.79 Å². The molecular weight excluding hydrogens is 176 g/mol. The molecule has 0 rings (SSSR count). The molecule has 7 heteroatoms. The van der Waals surface area contributed by atoms with Crippen molar-refractivity contribution < 1.29 is 15.0 Å². The first-order valence-electron chi connectivity index (χ1n) is 3.46. The van der Waals surface area contributed by atoms with Gasteiger partial charge in [0.2, 0.25) is 0 Å². The number of aliphatic hydroxyl groups is 2. The highest BCUT2D eigenvalue weighted by Gasteiger charge is 2.17. The zero-order valence-electron chi connectivity index (χ0n) is 6.90. The van der Waals surface area contributed by atoms with E-state index >= 15 is 0 Å². The van der Waals surface area contributed by atoms with Gasteiger partial charge in [0.1, 0.15) is 12.4 Å². The highest BCUT2D eigenvalue weighted by molar-refractivity contribution is 6.11. The molecule has 0 aliphatic carbocycles. The fourth-order valence-electron chi connectivity index (χ4n) is 0.591. The molecule has 0 saturated carbocycles. The first-order valence-corrected chi connectivity index (χ1v) is 3.46. The molecular formula is C6H12N4O3. The Labute approximate surface area is 74.6 Å². The first kappa shape index (κ1) is 11.7. The van der Waals surface area contributed by atoms with Crippen molar-refractivity contribution in [3.05, 3.63) is 0 Å². The van der Waals surface area contributed by atoms with Gasteiger partial charge in [-0.2, -0.15) is 0 Å². The Morgan fingerprint density at radius 1 is 1.62 bits per heavy atom. The van der Waals surface area contributed by atoms with Gasteiger partial charge in [0.15, 0.2) is 6.10 Å². The van der Waals surface area contributed by atoms with Gasteiger partial charge >= 0.3 is 0 Å². The Kier molecular flexibility index (Phi) is 4.82. The second-order valence-electron chi connectivity index (χ2n) is 2.22. The summed E-state index contributed by atoms with van der Waals surface area (Å²) in [6.07, 6.45) is -1.60. The van der Waals surface area contributed by atoms with Crippen LogP contribution in [0.5, 0.6) is 0 Å². The van der Waals surface area contributed by atoms with E-state index in [1.54, 1.807) is 0 Å². The van der Waals surface area contributed by atoms with Gasteiger partial charge < -0.3 is 21.7 Å². The summed E-state index contributed by atoms with van der Waals surface area (Å²) in [6.45, 7) is -0.790. The summed E-state index contributed by atoms with van der Waals surface area (Å²) < 4.78 is 0. The van der Waals surface area contributed by atoms with E-state index in [-0.39, 0.29) is 18.1 Å². The summed E-state index contributed by atoms with van der Waals surface area (Å²) in [5.74, 6) is -1.38. The van der Waals surface area contributed by atoms with Crippen molar-refractivity contribution in [1.82, 2.24) is 0 Å². The lowest BCUT2D eigenvalue weighted by Crippen LogP contribution is -2.39. The largest absolute Gasteiger partial charge is 0.388 e. The lowest BCUT2D eigenvalue weighted by Gasteiger charge is -2.07. The first-order chi connectivity index (χ1) is 6.02. The number of amidine groups is 1. The predicted molar refractivity (Wildman–Crippen MR) is 46.5 cm³/mol. The van der Waals surface area contributed by atoms with Gasteiger partial charge in [0.05, 0.1) is 5.71 Å². The summed E-state index contributed by atoms with van der Waals surface area (Å²) in [7, 11) is 0. The van der Waals surface area contributed by atoms with Crippen LogP contribution in [0.15, 0.2) is 4.99 Å². The molecule has 7 N–H and O–H groups in total. The van der Waals surface area contributed by atoms with Crippen LogP contribution in [0.3, 0.4) is 0 Å². The number of hydrogen-bond donors (Lipinski definition) is 5. The van der Waals surface area contributed by atoms with E-state index in [0.29, 0.717) is 0 Å². The number of aliphatic hydroxyl groups excluding tert-OH is 2. The molecule has 1 amide bonds. The number of nitrogens with two attached hydrogens (primary N) is 2. The Morgan fingerprint density at radius 2 is 2.15 bits per heavy atom. The molecule has 7 nitrogen and oxygen atoms in total. The van der Waals surface area contributed by atoms with Crippen LogP contribution in [0.2, 0.25) is 0 Å². The van der Waals surface area contributed by atoms with Crippen LogP contribution in [0.4, 0.5) is 0 Å². The fourth-order valence-corrected chi connectivity index (χ4v) is 0.591. The number of hydrogen-bond acceptors (Lipinski definition) is 5. The molecule has 0 fully saturated rings. The van der Waals surface area contributed by atoms with Crippen molar-refractivity contribution in [1.29, 1.82) is 5.41 Å².